The van der Waals surface area contributed by atoms with E-state index in [2.05, 4.69) is 46.5 Å². The van der Waals surface area contributed by atoms with Gasteiger partial charge in [0.05, 0.1) is 18.4 Å². The molecule has 0 saturated carbocycles. The Hall–Kier alpha value is -1.56. The van der Waals surface area contributed by atoms with Crippen LogP contribution in [0.4, 0.5) is 0 Å². The predicted molar refractivity (Wildman–Crippen MR) is 103 cm³/mol. The van der Waals surface area contributed by atoms with E-state index in [1.807, 2.05) is 14.0 Å². The summed E-state index contributed by atoms with van der Waals surface area (Å²) in [4.78, 5) is 2.56. The van der Waals surface area contributed by atoms with Crippen molar-refractivity contribution in [3.8, 4) is 5.88 Å². The summed E-state index contributed by atoms with van der Waals surface area (Å²) in [6.07, 6.45) is 1.15. The molecule has 0 amide bonds. The minimum absolute atomic E-state index is 0. The SMILES string of the molecule is COc1c(CNCC(C)N2CCc3ccccc3C2)c(C)nn1C.Cl. The molecule has 138 valence electrons. The minimum atomic E-state index is 0. The fourth-order valence-corrected chi connectivity index (χ4v) is 3.57. The molecule has 1 aromatic heterocycles. The van der Waals surface area contributed by atoms with Crippen LogP contribution < -0.4 is 10.1 Å². The Labute approximate surface area is 156 Å². The van der Waals surface area contributed by atoms with Gasteiger partial charge in [-0.2, -0.15) is 5.10 Å². The molecular weight excluding hydrogens is 336 g/mol. The smallest absolute Gasteiger partial charge is 0.216 e. The largest absolute Gasteiger partial charge is 0.481 e. The van der Waals surface area contributed by atoms with Crippen LogP contribution in [0.15, 0.2) is 24.3 Å². The van der Waals surface area contributed by atoms with Gasteiger partial charge in [0, 0.05) is 39.3 Å². The van der Waals surface area contributed by atoms with E-state index >= 15 is 0 Å². The van der Waals surface area contributed by atoms with Gasteiger partial charge < -0.3 is 10.1 Å². The molecule has 0 radical (unpaired) electrons. The Bertz CT molecular complexity index is 701. The number of aryl methyl sites for hydroxylation is 2. The first-order valence-electron chi connectivity index (χ1n) is 8.68. The van der Waals surface area contributed by atoms with Crippen LogP contribution in [0.3, 0.4) is 0 Å². The molecule has 0 saturated heterocycles. The number of methoxy groups -OCH3 is 1. The number of aromatic nitrogens is 2. The van der Waals surface area contributed by atoms with Crippen LogP contribution in [0.1, 0.15) is 29.3 Å². The average molecular weight is 365 g/mol. The van der Waals surface area contributed by atoms with Gasteiger partial charge in [-0.15, -0.1) is 12.4 Å². The lowest BCUT2D eigenvalue weighted by molar-refractivity contribution is 0.186. The predicted octanol–water partition coefficient (Wildman–Crippen LogP) is 2.70. The Morgan fingerprint density at radius 3 is 2.72 bits per heavy atom. The summed E-state index contributed by atoms with van der Waals surface area (Å²) < 4.78 is 7.26. The van der Waals surface area contributed by atoms with Gasteiger partial charge in [0.1, 0.15) is 0 Å². The van der Waals surface area contributed by atoms with E-state index in [9.17, 15) is 0 Å². The molecule has 1 aliphatic rings. The van der Waals surface area contributed by atoms with Crippen LogP contribution in [-0.2, 0) is 26.6 Å². The third kappa shape index (κ3) is 4.35. The highest BCUT2D eigenvalue weighted by molar-refractivity contribution is 5.85. The zero-order valence-electron chi connectivity index (χ0n) is 15.6. The van der Waals surface area contributed by atoms with Gasteiger partial charge in [-0.3, -0.25) is 4.90 Å². The topological polar surface area (TPSA) is 42.3 Å². The van der Waals surface area contributed by atoms with Crippen molar-refractivity contribution in [2.24, 2.45) is 7.05 Å². The highest BCUT2D eigenvalue weighted by Gasteiger charge is 2.20. The fraction of sp³-hybridized carbons (Fsp3) is 0.526. The van der Waals surface area contributed by atoms with Crippen molar-refractivity contribution in [1.29, 1.82) is 0 Å². The Kier molecular flexibility index (Phi) is 6.87. The standard InChI is InChI=1S/C19H28N4O.ClH/c1-14(23-10-9-16-7-5-6-8-17(16)13-23)11-20-12-18-15(2)21-22(3)19(18)24-4;/h5-8,14,20H,9-13H2,1-4H3;1H. The average Bonchev–Trinajstić information content (AvgIpc) is 2.87. The fourth-order valence-electron chi connectivity index (χ4n) is 3.57. The first-order valence-corrected chi connectivity index (χ1v) is 8.68. The Morgan fingerprint density at radius 1 is 1.28 bits per heavy atom. The summed E-state index contributed by atoms with van der Waals surface area (Å²) in [7, 11) is 3.62. The van der Waals surface area contributed by atoms with E-state index in [1.54, 1.807) is 11.8 Å². The van der Waals surface area contributed by atoms with E-state index in [4.69, 9.17) is 4.74 Å². The molecule has 1 N–H and O–H groups in total. The van der Waals surface area contributed by atoms with Gasteiger partial charge in [-0.1, -0.05) is 24.3 Å². The summed E-state index contributed by atoms with van der Waals surface area (Å²) in [5.74, 6) is 0.847. The van der Waals surface area contributed by atoms with Crippen LogP contribution in [-0.4, -0.2) is 40.9 Å². The molecular formula is C19H29ClN4O. The zero-order chi connectivity index (χ0) is 17.1. The molecule has 0 aliphatic carbocycles. The van der Waals surface area contributed by atoms with Crippen molar-refractivity contribution in [2.75, 3.05) is 20.2 Å². The normalized spacial score (nSPS) is 15.4. The van der Waals surface area contributed by atoms with Crippen molar-refractivity contribution in [1.82, 2.24) is 20.0 Å². The van der Waals surface area contributed by atoms with Gasteiger partial charge in [0.15, 0.2) is 0 Å². The third-order valence-electron chi connectivity index (χ3n) is 5.01. The van der Waals surface area contributed by atoms with E-state index in [1.165, 1.54) is 11.1 Å². The van der Waals surface area contributed by atoms with Gasteiger partial charge in [-0.25, -0.2) is 4.68 Å². The molecule has 1 aromatic carbocycles. The molecule has 6 heteroatoms. The zero-order valence-corrected chi connectivity index (χ0v) is 16.4. The second-order valence-corrected chi connectivity index (χ2v) is 6.67. The third-order valence-corrected chi connectivity index (χ3v) is 5.01. The number of nitrogens with zero attached hydrogens (tertiary/aromatic N) is 3. The lowest BCUT2D eigenvalue weighted by Crippen LogP contribution is -2.43. The maximum absolute atomic E-state index is 5.46. The van der Waals surface area contributed by atoms with Crippen LogP contribution >= 0.6 is 12.4 Å². The molecule has 1 atom stereocenters. The molecule has 0 bridgehead atoms. The summed E-state index contributed by atoms with van der Waals surface area (Å²) >= 11 is 0. The summed E-state index contributed by atoms with van der Waals surface area (Å²) in [6, 6.07) is 9.30. The number of nitrogens with one attached hydrogen (secondary N) is 1. The summed E-state index contributed by atoms with van der Waals surface area (Å²) in [5.41, 5.74) is 5.16. The number of ether oxygens (including phenoxy) is 1. The van der Waals surface area contributed by atoms with Crippen molar-refractivity contribution in [3.63, 3.8) is 0 Å². The molecule has 1 unspecified atom stereocenters. The van der Waals surface area contributed by atoms with Crippen LogP contribution in [0, 0.1) is 6.92 Å². The summed E-state index contributed by atoms with van der Waals surface area (Å²) in [6.45, 7) is 8.26. The second kappa shape index (κ2) is 8.70. The number of hydrogen-bond donors (Lipinski definition) is 1. The molecule has 2 heterocycles. The molecule has 0 fully saturated rings. The number of halogens is 1. The Morgan fingerprint density at radius 2 is 2.00 bits per heavy atom. The van der Waals surface area contributed by atoms with Gasteiger partial charge in [0.25, 0.3) is 0 Å². The van der Waals surface area contributed by atoms with Crippen LogP contribution in [0.5, 0.6) is 5.88 Å². The maximum Gasteiger partial charge on any atom is 0.216 e. The number of benzene rings is 1. The van der Waals surface area contributed by atoms with E-state index < -0.39 is 0 Å². The monoisotopic (exact) mass is 364 g/mol. The highest BCUT2D eigenvalue weighted by Crippen LogP contribution is 2.22. The molecule has 1 aliphatic heterocycles. The molecule has 25 heavy (non-hydrogen) atoms. The van der Waals surface area contributed by atoms with Crippen molar-refractivity contribution >= 4 is 12.4 Å². The van der Waals surface area contributed by atoms with Gasteiger partial charge in [-0.05, 0) is 31.4 Å². The maximum atomic E-state index is 5.46. The summed E-state index contributed by atoms with van der Waals surface area (Å²) in [5, 5.41) is 8.01. The van der Waals surface area contributed by atoms with Crippen LogP contribution in [0.2, 0.25) is 0 Å². The lowest BCUT2D eigenvalue weighted by atomic mass is 9.99. The number of rotatable bonds is 6. The van der Waals surface area contributed by atoms with E-state index in [0.29, 0.717) is 6.04 Å². The van der Waals surface area contributed by atoms with Crippen molar-refractivity contribution in [3.05, 3.63) is 46.6 Å². The van der Waals surface area contributed by atoms with E-state index in [0.717, 1.165) is 49.7 Å². The molecule has 5 nitrogen and oxygen atoms in total. The quantitative estimate of drug-likeness (QED) is 0.855. The number of fused-ring (bicyclic) bond motifs is 1. The second-order valence-electron chi connectivity index (χ2n) is 6.67. The number of hydrogen-bond acceptors (Lipinski definition) is 4. The molecule has 0 spiro atoms. The van der Waals surface area contributed by atoms with Crippen molar-refractivity contribution < 1.29 is 4.74 Å². The van der Waals surface area contributed by atoms with Gasteiger partial charge in [0.2, 0.25) is 5.88 Å². The molecule has 3 rings (SSSR count). The minimum Gasteiger partial charge on any atom is -0.481 e. The van der Waals surface area contributed by atoms with Crippen molar-refractivity contribution in [2.45, 2.75) is 39.4 Å². The van der Waals surface area contributed by atoms with Gasteiger partial charge >= 0.3 is 0 Å². The van der Waals surface area contributed by atoms with E-state index in [-0.39, 0.29) is 12.4 Å². The Balaban J connectivity index is 0.00000225. The van der Waals surface area contributed by atoms with Crippen LogP contribution in [0.25, 0.3) is 0 Å². The first-order chi connectivity index (χ1) is 11.6. The molecule has 2 aromatic rings. The lowest BCUT2D eigenvalue weighted by Gasteiger charge is -2.33. The highest BCUT2D eigenvalue weighted by atomic mass is 35.5. The first kappa shape index (κ1) is 19.8.